The second kappa shape index (κ2) is 5.50. The summed E-state index contributed by atoms with van der Waals surface area (Å²) in [6.07, 6.45) is 12.3. The van der Waals surface area contributed by atoms with Gasteiger partial charge >= 0.3 is 0 Å². The van der Waals surface area contributed by atoms with Gasteiger partial charge in [0.25, 0.3) is 0 Å². The van der Waals surface area contributed by atoms with Gasteiger partial charge in [-0.2, -0.15) is 0 Å². The molecule has 0 amide bonds. The highest BCUT2D eigenvalue weighted by Gasteiger charge is 2.40. The number of rotatable bonds is 2. The molecule has 2 saturated heterocycles. The van der Waals surface area contributed by atoms with Gasteiger partial charge in [-0.25, -0.2) is 0 Å². The highest BCUT2D eigenvalue weighted by Crippen LogP contribution is 2.43. The third kappa shape index (κ3) is 2.91. The molecule has 1 N–H and O–H groups in total. The molecule has 104 valence electrons. The molecule has 1 saturated carbocycles. The first-order valence-corrected chi connectivity index (χ1v) is 8.13. The van der Waals surface area contributed by atoms with Crippen LogP contribution in [0.4, 0.5) is 0 Å². The molecule has 2 aliphatic heterocycles. The standard InChI is InChI=1S/C16H29NO/c1-13-4-5-15(17-12-13)10-14-6-9-18-16(11-14)7-2-3-8-16/h13-15,17H,2-12H2,1H3. The van der Waals surface area contributed by atoms with Crippen molar-refractivity contribution in [3.05, 3.63) is 0 Å². The largest absolute Gasteiger partial charge is 0.375 e. The molecule has 1 spiro atoms. The van der Waals surface area contributed by atoms with Crippen LogP contribution in [0.3, 0.4) is 0 Å². The average molecular weight is 251 g/mol. The summed E-state index contributed by atoms with van der Waals surface area (Å²) >= 11 is 0. The maximum Gasteiger partial charge on any atom is 0.0685 e. The molecule has 0 aromatic heterocycles. The van der Waals surface area contributed by atoms with Gasteiger partial charge in [-0.3, -0.25) is 0 Å². The Morgan fingerprint density at radius 1 is 1.17 bits per heavy atom. The van der Waals surface area contributed by atoms with E-state index in [-0.39, 0.29) is 0 Å². The third-order valence-electron chi connectivity index (χ3n) is 5.49. The molecule has 3 atom stereocenters. The van der Waals surface area contributed by atoms with E-state index in [1.54, 1.807) is 0 Å². The minimum Gasteiger partial charge on any atom is -0.375 e. The number of piperidine rings is 1. The molecule has 0 aromatic carbocycles. The molecule has 3 rings (SSSR count). The monoisotopic (exact) mass is 251 g/mol. The number of hydrogen-bond acceptors (Lipinski definition) is 2. The first-order chi connectivity index (χ1) is 8.76. The summed E-state index contributed by atoms with van der Waals surface area (Å²) in [7, 11) is 0. The van der Waals surface area contributed by atoms with Gasteiger partial charge < -0.3 is 10.1 Å². The molecule has 3 aliphatic rings. The van der Waals surface area contributed by atoms with E-state index in [0.717, 1.165) is 24.5 Å². The van der Waals surface area contributed by atoms with Crippen molar-refractivity contribution in [1.82, 2.24) is 5.32 Å². The average Bonchev–Trinajstić information content (AvgIpc) is 2.80. The van der Waals surface area contributed by atoms with Gasteiger partial charge in [-0.15, -0.1) is 0 Å². The number of nitrogens with one attached hydrogen (secondary N) is 1. The first-order valence-electron chi connectivity index (χ1n) is 8.13. The normalized spacial score (nSPS) is 40.2. The van der Waals surface area contributed by atoms with E-state index in [0.29, 0.717) is 5.60 Å². The zero-order chi connectivity index (χ0) is 12.4. The second-order valence-electron chi connectivity index (χ2n) is 7.12. The van der Waals surface area contributed by atoms with Crippen LogP contribution in [0.2, 0.25) is 0 Å². The van der Waals surface area contributed by atoms with Gasteiger partial charge in [-0.1, -0.05) is 19.8 Å². The Balaban J connectivity index is 1.50. The van der Waals surface area contributed by atoms with Crippen molar-refractivity contribution in [2.45, 2.75) is 76.4 Å². The maximum atomic E-state index is 6.14. The molecule has 2 heteroatoms. The molecule has 0 radical (unpaired) electrons. The molecule has 18 heavy (non-hydrogen) atoms. The Labute approximate surface area is 112 Å². The van der Waals surface area contributed by atoms with Crippen LogP contribution < -0.4 is 5.32 Å². The quantitative estimate of drug-likeness (QED) is 0.811. The minimum absolute atomic E-state index is 0.310. The Hall–Kier alpha value is -0.0800. The second-order valence-corrected chi connectivity index (χ2v) is 7.12. The SMILES string of the molecule is CC1CCC(CC2CCOC3(CCCC3)C2)NC1. The first kappa shape index (κ1) is 12.9. The van der Waals surface area contributed by atoms with Crippen LogP contribution in [0.1, 0.15) is 64.7 Å². The molecule has 1 aliphatic carbocycles. The summed E-state index contributed by atoms with van der Waals surface area (Å²) in [5.41, 5.74) is 0.310. The summed E-state index contributed by atoms with van der Waals surface area (Å²) in [4.78, 5) is 0. The lowest BCUT2D eigenvalue weighted by Crippen LogP contribution is -2.42. The zero-order valence-electron chi connectivity index (χ0n) is 11.9. The van der Waals surface area contributed by atoms with Crippen molar-refractivity contribution < 1.29 is 4.74 Å². The Kier molecular flexibility index (Phi) is 3.95. The van der Waals surface area contributed by atoms with E-state index in [2.05, 4.69) is 12.2 Å². The Morgan fingerprint density at radius 3 is 2.72 bits per heavy atom. The fraction of sp³-hybridized carbons (Fsp3) is 1.00. The van der Waals surface area contributed by atoms with E-state index in [9.17, 15) is 0 Å². The van der Waals surface area contributed by atoms with Gasteiger partial charge in [0, 0.05) is 12.6 Å². The third-order valence-corrected chi connectivity index (χ3v) is 5.49. The smallest absolute Gasteiger partial charge is 0.0685 e. The topological polar surface area (TPSA) is 21.3 Å². The van der Waals surface area contributed by atoms with E-state index in [1.165, 1.54) is 64.3 Å². The van der Waals surface area contributed by atoms with Crippen molar-refractivity contribution in [2.75, 3.05) is 13.2 Å². The molecule has 3 unspecified atom stereocenters. The van der Waals surface area contributed by atoms with Gasteiger partial charge in [0.1, 0.15) is 0 Å². The Morgan fingerprint density at radius 2 is 2.00 bits per heavy atom. The van der Waals surface area contributed by atoms with Crippen LogP contribution in [0.25, 0.3) is 0 Å². The highest BCUT2D eigenvalue weighted by atomic mass is 16.5. The molecule has 0 aromatic rings. The maximum absolute atomic E-state index is 6.14. The number of ether oxygens (including phenoxy) is 1. The van der Waals surface area contributed by atoms with Crippen LogP contribution in [0, 0.1) is 11.8 Å². The molecular formula is C16H29NO. The number of hydrogen-bond donors (Lipinski definition) is 1. The van der Waals surface area contributed by atoms with Gasteiger partial charge in [-0.05, 0) is 63.3 Å². The predicted octanol–water partition coefficient (Wildman–Crippen LogP) is 3.50. The van der Waals surface area contributed by atoms with Gasteiger partial charge in [0.15, 0.2) is 0 Å². The van der Waals surface area contributed by atoms with Crippen molar-refractivity contribution >= 4 is 0 Å². The predicted molar refractivity (Wildman–Crippen MR) is 74.7 cm³/mol. The minimum atomic E-state index is 0.310. The van der Waals surface area contributed by atoms with Crippen molar-refractivity contribution in [3.63, 3.8) is 0 Å². The lowest BCUT2D eigenvalue weighted by Gasteiger charge is -2.40. The fourth-order valence-electron chi connectivity index (χ4n) is 4.36. The molecular weight excluding hydrogens is 222 g/mol. The van der Waals surface area contributed by atoms with Crippen LogP contribution in [0.5, 0.6) is 0 Å². The molecule has 0 bridgehead atoms. The zero-order valence-corrected chi connectivity index (χ0v) is 11.9. The lowest BCUT2D eigenvalue weighted by atomic mass is 9.80. The van der Waals surface area contributed by atoms with Crippen molar-refractivity contribution in [1.29, 1.82) is 0 Å². The summed E-state index contributed by atoms with van der Waals surface area (Å²) in [5.74, 6) is 1.81. The van der Waals surface area contributed by atoms with Crippen LogP contribution in [-0.2, 0) is 4.74 Å². The summed E-state index contributed by atoms with van der Waals surface area (Å²) in [5, 5.41) is 3.75. The summed E-state index contributed by atoms with van der Waals surface area (Å²) in [6.45, 7) is 4.62. The summed E-state index contributed by atoms with van der Waals surface area (Å²) < 4.78 is 6.14. The van der Waals surface area contributed by atoms with Crippen molar-refractivity contribution in [3.8, 4) is 0 Å². The summed E-state index contributed by atoms with van der Waals surface area (Å²) in [6, 6.07) is 0.794. The fourth-order valence-corrected chi connectivity index (χ4v) is 4.36. The molecule has 2 nitrogen and oxygen atoms in total. The van der Waals surface area contributed by atoms with Crippen LogP contribution >= 0.6 is 0 Å². The Bertz CT molecular complexity index is 264. The highest BCUT2D eigenvalue weighted by molar-refractivity contribution is 4.92. The van der Waals surface area contributed by atoms with Gasteiger partial charge in [0.05, 0.1) is 5.60 Å². The molecule has 3 fully saturated rings. The van der Waals surface area contributed by atoms with Crippen molar-refractivity contribution in [2.24, 2.45) is 11.8 Å². The van der Waals surface area contributed by atoms with Gasteiger partial charge in [0.2, 0.25) is 0 Å². The van der Waals surface area contributed by atoms with E-state index in [4.69, 9.17) is 4.74 Å². The van der Waals surface area contributed by atoms with Crippen LogP contribution in [-0.4, -0.2) is 24.8 Å². The van der Waals surface area contributed by atoms with Crippen LogP contribution in [0.15, 0.2) is 0 Å². The lowest BCUT2D eigenvalue weighted by molar-refractivity contribution is -0.0951. The van der Waals surface area contributed by atoms with E-state index >= 15 is 0 Å². The van der Waals surface area contributed by atoms with E-state index in [1.807, 2.05) is 0 Å². The van der Waals surface area contributed by atoms with E-state index < -0.39 is 0 Å². The molecule has 2 heterocycles.